The van der Waals surface area contributed by atoms with Crippen molar-refractivity contribution < 1.29 is 19.7 Å². The number of aryl methyl sites for hydroxylation is 1. The van der Waals surface area contributed by atoms with Gasteiger partial charge in [0.05, 0.1) is 24.9 Å². The van der Waals surface area contributed by atoms with Crippen molar-refractivity contribution in [3.8, 4) is 0 Å². The second kappa shape index (κ2) is 5.99. The molecule has 1 aliphatic rings. The van der Waals surface area contributed by atoms with E-state index in [2.05, 4.69) is 4.98 Å². The molecule has 1 fully saturated rings. The quantitative estimate of drug-likeness (QED) is 0.827. The van der Waals surface area contributed by atoms with Gasteiger partial charge in [-0.3, -0.25) is 0 Å². The molecule has 1 aliphatic heterocycles. The number of rotatable bonds is 4. The minimum Gasteiger partial charge on any atom is -0.478 e. The average molecular weight is 266 g/mol. The molecule has 0 radical (unpaired) electrons. The van der Waals surface area contributed by atoms with Crippen molar-refractivity contribution in [3.63, 3.8) is 0 Å². The van der Waals surface area contributed by atoms with Gasteiger partial charge in [0.1, 0.15) is 5.82 Å². The van der Waals surface area contributed by atoms with Gasteiger partial charge in [-0.05, 0) is 18.6 Å². The van der Waals surface area contributed by atoms with Crippen molar-refractivity contribution in [1.82, 2.24) is 4.98 Å². The number of pyridine rings is 1. The molecule has 1 aromatic rings. The summed E-state index contributed by atoms with van der Waals surface area (Å²) in [6, 6.07) is 3.16. The molecular weight excluding hydrogens is 248 g/mol. The van der Waals surface area contributed by atoms with E-state index in [0.29, 0.717) is 31.9 Å². The highest BCUT2D eigenvalue weighted by Gasteiger charge is 2.22. The fourth-order valence-electron chi connectivity index (χ4n) is 2.08. The molecule has 1 atom stereocenters. The number of aromatic carboxylic acids is 1. The van der Waals surface area contributed by atoms with Crippen LogP contribution in [-0.2, 0) is 11.2 Å². The summed E-state index contributed by atoms with van der Waals surface area (Å²) in [4.78, 5) is 17.5. The summed E-state index contributed by atoms with van der Waals surface area (Å²) in [6.45, 7) is 3.57. The highest BCUT2D eigenvalue weighted by Crippen LogP contribution is 2.18. The molecule has 1 aromatic heterocycles. The average Bonchev–Trinajstić information content (AvgIpc) is 2.46. The standard InChI is InChI=1S/C13H18N2O4/c1-2-10-5-9(13(17)18)6-12(14-10)15-3-4-19-11(7-15)8-16/h5-6,11,16H,2-4,7-8H2,1H3,(H,17,18). The van der Waals surface area contributed by atoms with Gasteiger partial charge in [-0.25, -0.2) is 9.78 Å². The number of aliphatic hydroxyl groups excluding tert-OH is 1. The van der Waals surface area contributed by atoms with Gasteiger partial charge in [0.25, 0.3) is 0 Å². The van der Waals surface area contributed by atoms with E-state index in [4.69, 9.17) is 14.9 Å². The Balaban J connectivity index is 2.27. The van der Waals surface area contributed by atoms with E-state index < -0.39 is 5.97 Å². The number of ether oxygens (including phenoxy) is 1. The first-order valence-electron chi connectivity index (χ1n) is 6.35. The van der Waals surface area contributed by atoms with Crippen molar-refractivity contribution in [3.05, 3.63) is 23.4 Å². The number of anilines is 1. The fourth-order valence-corrected chi connectivity index (χ4v) is 2.08. The van der Waals surface area contributed by atoms with Crippen LogP contribution in [0.5, 0.6) is 0 Å². The third kappa shape index (κ3) is 3.21. The first-order valence-corrected chi connectivity index (χ1v) is 6.35. The summed E-state index contributed by atoms with van der Waals surface area (Å²) in [6.07, 6.45) is 0.441. The topological polar surface area (TPSA) is 82.9 Å². The molecule has 0 bridgehead atoms. The Kier molecular flexibility index (Phi) is 4.34. The summed E-state index contributed by atoms with van der Waals surface area (Å²) in [7, 11) is 0. The number of hydrogen-bond acceptors (Lipinski definition) is 5. The Morgan fingerprint density at radius 3 is 3.00 bits per heavy atom. The molecule has 0 aliphatic carbocycles. The molecular formula is C13H18N2O4. The summed E-state index contributed by atoms with van der Waals surface area (Å²) < 4.78 is 5.38. The van der Waals surface area contributed by atoms with E-state index in [1.54, 1.807) is 12.1 Å². The van der Waals surface area contributed by atoms with E-state index >= 15 is 0 Å². The maximum atomic E-state index is 11.1. The Labute approximate surface area is 111 Å². The molecule has 2 rings (SSSR count). The van der Waals surface area contributed by atoms with Gasteiger partial charge in [-0.1, -0.05) is 6.92 Å². The van der Waals surface area contributed by atoms with Crippen molar-refractivity contribution in [2.45, 2.75) is 19.4 Å². The SMILES string of the molecule is CCc1cc(C(=O)O)cc(N2CCOC(CO)C2)n1. The van der Waals surface area contributed by atoms with E-state index in [1.807, 2.05) is 11.8 Å². The smallest absolute Gasteiger partial charge is 0.335 e. The molecule has 0 spiro atoms. The van der Waals surface area contributed by atoms with Gasteiger partial charge < -0.3 is 19.8 Å². The number of carbonyl (C=O) groups is 1. The van der Waals surface area contributed by atoms with Crippen LogP contribution in [0.1, 0.15) is 23.0 Å². The van der Waals surface area contributed by atoms with Gasteiger partial charge in [-0.15, -0.1) is 0 Å². The van der Waals surface area contributed by atoms with Crippen LogP contribution in [-0.4, -0.2) is 53.6 Å². The molecule has 6 nitrogen and oxygen atoms in total. The molecule has 2 heterocycles. The van der Waals surface area contributed by atoms with E-state index in [-0.39, 0.29) is 18.3 Å². The first kappa shape index (κ1) is 13.8. The lowest BCUT2D eigenvalue weighted by Gasteiger charge is -2.33. The van der Waals surface area contributed by atoms with Crippen LogP contribution >= 0.6 is 0 Å². The molecule has 2 N–H and O–H groups in total. The number of nitrogens with zero attached hydrogens (tertiary/aromatic N) is 2. The number of carboxylic acid groups (broad SMARTS) is 1. The summed E-state index contributed by atoms with van der Waals surface area (Å²) in [5, 5.41) is 18.2. The van der Waals surface area contributed by atoms with Gasteiger partial charge >= 0.3 is 5.97 Å². The zero-order chi connectivity index (χ0) is 13.8. The minimum absolute atomic E-state index is 0.0459. The zero-order valence-electron chi connectivity index (χ0n) is 10.9. The lowest BCUT2D eigenvalue weighted by Crippen LogP contribution is -2.44. The molecule has 104 valence electrons. The van der Waals surface area contributed by atoms with Crippen LogP contribution in [0.4, 0.5) is 5.82 Å². The molecule has 1 saturated heterocycles. The van der Waals surface area contributed by atoms with Gasteiger partial charge in [-0.2, -0.15) is 0 Å². The van der Waals surface area contributed by atoms with Crippen LogP contribution in [0.2, 0.25) is 0 Å². The highest BCUT2D eigenvalue weighted by molar-refractivity contribution is 5.88. The van der Waals surface area contributed by atoms with Crippen molar-refractivity contribution >= 4 is 11.8 Å². The largest absolute Gasteiger partial charge is 0.478 e. The first-order chi connectivity index (χ1) is 9.13. The van der Waals surface area contributed by atoms with Crippen LogP contribution in [0.25, 0.3) is 0 Å². The third-order valence-corrected chi connectivity index (χ3v) is 3.14. The number of aliphatic hydroxyl groups is 1. The Bertz CT molecular complexity index is 464. The molecule has 0 saturated carbocycles. The number of morpholine rings is 1. The monoisotopic (exact) mass is 266 g/mol. The van der Waals surface area contributed by atoms with E-state index in [9.17, 15) is 4.79 Å². The van der Waals surface area contributed by atoms with Crippen LogP contribution in [0.15, 0.2) is 12.1 Å². The summed E-state index contributed by atoms with van der Waals surface area (Å²) >= 11 is 0. The normalized spacial score (nSPS) is 19.5. The van der Waals surface area contributed by atoms with Gasteiger partial charge in [0.2, 0.25) is 0 Å². The Hall–Kier alpha value is -1.66. The second-order valence-corrected chi connectivity index (χ2v) is 4.49. The van der Waals surface area contributed by atoms with Crippen LogP contribution in [0.3, 0.4) is 0 Å². The maximum absolute atomic E-state index is 11.1. The minimum atomic E-state index is -0.953. The highest BCUT2D eigenvalue weighted by atomic mass is 16.5. The second-order valence-electron chi connectivity index (χ2n) is 4.49. The molecule has 1 unspecified atom stereocenters. The molecule has 0 amide bonds. The van der Waals surface area contributed by atoms with E-state index in [0.717, 1.165) is 5.69 Å². The third-order valence-electron chi connectivity index (χ3n) is 3.14. The van der Waals surface area contributed by atoms with Gasteiger partial charge in [0, 0.05) is 18.8 Å². The molecule has 19 heavy (non-hydrogen) atoms. The van der Waals surface area contributed by atoms with Crippen molar-refractivity contribution in [2.24, 2.45) is 0 Å². The maximum Gasteiger partial charge on any atom is 0.335 e. The summed E-state index contributed by atoms with van der Waals surface area (Å²) in [5.41, 5.74) is 0.996. The lowest BCUT2D eigenvalue weighted by atomic mass is 10.2. The molecule has 6 heteroatoms. The van der Waals surface area contributed by atoms with Gasteiger partial charge in [0.15, 0.2) is 0 Å². The Morgan fingerprint density at radius 2 is 2.37 bits per heavy atom. The fraction of sp³-hybridized carbons (Fsp3) is 0.538. The zero-order valence-corrected chi connectivity index (χ0v) is 10.9. The van der Waals surface area contributed by atoms with Crippen LogP contribution < -0.4 is 4.90 Å². The Morgan fingerprint density at radius 1 is 1.58 bits per heavy atom. The summed E-state index contributed by atoms with van der Waals surface area (Å²) in [5.74, 6) is -0.316. The predicted molar refractivity (Wildman–Crippen MR) is 69.6 cm³/mol. The lowest BCUT2D eigenvalue weighted by molar-refractivity contribution is 0.00335. The number of carboxylic acids is 1. The number of aromatic nitrogens is 1. The number of hydrogen-bond donors (Lipinski definition) is 2. The van der Waals surface area contributed by atoms with Crippen molar-refractivity contribution in [1.29, 1.82) is 0 Å². The predicted octanol–water partition coefficient (Wildman–Crippen LogP) is 0.540. The van der Waals surface area contributed by atoms with Crippen LogP contribution in [0, 0.1) is 0 Å². The van der Waals surface area contributed by atoms with E-state index in [1.165, 1.54) is 0 Å². The molecule has 0 aromatic carbocycles. The van der Waals surface area contributed by atoms with Crippen molar-refractivity contribution in [2.75, 3.05) is 31.2 Å².